The van der Waals surface area contributed by atoms with Gasteiger partial charge in [0, 0.05) is 6.08 Å². The highest BCUT2D eigenvalue weighted by atomic mass is 32.2. The van der Waals surface area contributed by atoms with Crippen LogP contribution in [0.15, 0.2) is 42.2 Å². The highest BCUT2D eigenvalue weighted by Gasteiger charge is 2.27. The molecule has 0 saturated heterocycles. The first-order valence-electron chi connectivity index (χ1n) is 5.52. The van der Waals surface area contributed by atoms with E-state index < -0.39 is 5.91 Å². The summed E-state index contributed by atoms with van der Waals surface area (Å²) in [4.78, 5) is 22.1. The van der Waals surface area contributed by atoms with E-state index in [1.54, 1.807) is 0 Å². The lowest BCUT2D eigenvalue weighted by Crippen LogP contribution is -2.20. The van der Waals surface area contributed by atoms with Crippen LogP contribution in [0.3, 0.4) is 0 Å². The maximum Gasteiger partial charge on any atom is 0.255 e. The third kappa shape index (κ3) is 3.37. The van der Waals surface area contributed by atoms with Gasteiger partial charge in [0.1, 0.15) is 5.76 Å². The monoisotopic (exact) mass is 263 g/mol. The molecule has 5 heteroatoms. The molecule has 1 amide bonds. The third-order valence-corrected chi connectivity index (χ3v) is 3.51. The normalized spacial score (nSPS) is 18.6. The van der Waals surface area contributed by atoms with Crippen LogP contribution in [0.25, 0.3) is 0 Å². The minimum Gasteiger partial charge on any atom is -0.487 e. The van der Waals surface area contributed by atoms with Crippen molar-refractivity contribution in [3.63, 3.8) is 0 Å². The second kappa shape index (κ2) is 5.73. The number of benzene rings is 1. The first-order valence-corrected chi connectivity index (χ1v) is 6.40. The van der Waals surface area contributed by atoms with Crippen molar-refractivity contribution in [2.24, 2.45) is 5.73 Å². The molecule has 1 aliphatic heterocycles. The minimum atomic E-state index is -0.543. The van der Waals surface area contributed by atoms with Crippen molar-refractivity contribution in [2.75, 3.05) is 6.61 Å². The summed E-state index contributed by atoms with van der Waals surface area (Å²) in [6, 6.07) is 9.83. The van der Waals surface area contributed by atoms with Crippen LogP contribution in [-0.2, 0) is 20.7 Å². The maximum atomic E-state index is 11.4. The molecule has 1 atom stereocenters. The molecule has 0 bridgehead atoms. The predicted molar refractivity (Wildman–Crippen MR) is 69.8 cm³/mol. The predicted octanol–water partition coefficient (Wildman–Crippen LogP) is 1.26. The Kier molecular flexibility index (Phi) is 4.04. The Hall–Kier alpha value is -1.75. The molecule has 0 spiro atoms. The van der Waals surface area contributed by atoms with Gasteiger partial charge in [-0.25, -0.2) is 0 Å². The second-order valence-electron chi connectivity index (χ2n) is 3.92. The molecule has 1 heterocycles. The van der Waals surface area contributed by atoms with E-state index in [1.807, 2.05) is 30.3 Å². The van der Waals surface area contributed by atoms with Gasteiger partial charge in [-0.15, -0.1) is 0 Å². The number of primary amides is 1. The van der Waals surface area contributed by atoms with Crippen molar-refractivity contribution in [3.05, 3.63) is 47.7 Å². The van der Waals surface area contributed by atoms with Crippen LogP contribution in [0.4, 0.5) is 0 Å². The first-order chi connectivity index (χ1) is 8.65. The SMILES string of the molecule is NC(=O)COC1=CC(=O)SC1Cc1ccccc1. The van der Waals surface area contributed by atoms with Crippen LogP contribution in [0.2, 0.25) is 0 Å². The molecule has 0 fully saturated rings. The number of carbonyl (C=O) groups excluding carboxylic acids is 2. The zero-order valence-electron chi connectivity index (χ0n) is 9.67. The number of nitrogens with two attached hydrogens (primary N) is 1. The lowest BCUT2D eigenvalue weighted by atomic mass is 10.1. The largest absolute Gasteiger partial charge is 0.487 e. The van der Waals surface area contributed by atoms with Gasteiger partial charge in [-0.05, 0) is 12.0 Å². The molecule has 2 rings (SSSR count). The molecule has 1 unspecified atom stereocenters. The first kappa shape index (κ1) is 12.7. The van der Waals surface area contributed by atoms with Crippen molar-refractivity contribution in [3.8, 4) is 0 Å². The number of amides is 1. The lowest BCUT2D eigenvalue weighted by molar-refractivity contribution is -0.121. The minimum absolute atomic E-state index is 0.0459. The number of ether oxygens (including phenoxy) is 1. The van der Waals surface area contributed by atoms with Crippen LogP contribution < -0.4 is 5.73 Å². The van der Waals surface area contributed by atoms with Crippen LogP contribution in [0.1, 0.15) is 5.56 Å². The van der Waals surface area contributed by atoms with Gasteiger partial charge in [0.15, 0.2) is 6.61 Å². The zero-order chi connectivity index (χ0) is 13.0. The van der Waals surface area contributed by atoms with Crippen LogP contribution in [0.5, 0.6) is 0 Å². The summed E-state index contributed by atoms with van der Waals surface area (Å²) in [6.07, 6.45) is 2.13. The van der Waals surface area contributed by atoms with Gasteiger partial charge < -0.3 is 10.5 Å². The molecule has 1 aromatic rings. The third-order valence-electron chi connectivity index (χ3n) is 2.48. The molecule has 94 valence electrons. The Morgan fingerprint density at radius 2 is 2.06 bits per heavy atom. The van der Waals surface area contributed by atoms with Crippen molar-refractivity contribution < 1.29 is 14.3 Å². The summed E-state index contributed by atoms with van der Waals surface area (Å²) in [5.74, 6) is -0.00800. The fourth-order valence-corrected chi connectivity index (χ4v) is 2.69. The fraction of sp³-hybridized carbons (Fsp3) is 0.231. The maximum absolute atomic E-state index is 11.4. The Morgan fingerprint density at radius 1 is 1.33 bits per heavy atom. The second-order valence-corrected chi connectivity index (χ2v) is 5.12. The van der Waals surface area contributed by atoms with E-state index in [0.29, 0.717) is 12.2 Å². The summed E-state index contributed by atoms with van der Waals surface area (Å²) in [5, 5.41) is -0.116. The van der Waals surface area contributed by atoms with Crippen molar-refractivity contribution >= 4 is 22.8 Å². The van der Waals surface area contributed by atoms with Gasteiger partial charge in [-0.1, -0.05) is 42.1 Å². The summed E-state index contributed by atoms with van der Waals surface area (Å²) < 4.78 is 5.26. The summed E-state index contributed by atoms with van der Waals surface area (Å²) in [6.45, 7) is -0.190. The highest BCUT2D eigenvalue weighted by molar-refractivity contribution is 8.15. The molecule has 18 heavy (non-hydrogen) atoms. The molecule has 2 N–H and O–H groups in total. The van der Waals surface area contributed by atoms with Crippen LogP contribution in [-0.4, -0.2) is 22.9 Å². The van der Waals surface area contributed by atoms with Gasteiger partial charge in [0.2, 0.25) is 5.12 Å². The van der Waals surface area contributed by atoms with Gasteiger partial charge in [0.25, 0.3) is 5.91 Å². The molecular weight excluding hydrogens is 250 g/mol. The Bertz CT molecular complexity index is 484. The van der Waals surface area contributed by atoms with Crippen LogP contribution in [0, 0.1) is 0 Å². The topological polar surface area (TPSA) is 69.4 Å². The number of hydrogen-bond acceptors (Lipinski definition) is 4. The quantitative estimate of drug-likeness (QED) is 0.868. The Labute approximate surface area is 109 Å². The smallest absolute Gasteiger partial charge is 0.255 e. The van der Waals surface area contributed by atoms with Crippen molar-refractivity contribution in [1.82, 2.24) is 0 Å². The fourth-order valence-electron chi connectivity index (χ4n) is 1.70. The molecule has 4 nitrogen and oxygen atoms in total. The van der Waals surface area contributed by atoms with Gasteiger partial charge in [0.05, 0.1) is 5.25 Å². The molecule has 1 aliphatic rings. The number of carbonyl (C=O) groups is 2. The summed E-state index contributed by atoms with van der Waals surface area (Å²) in [5.41, 5.74) is 6.14. The molecule has 0 radical (unpaired) electrons. The van der Waals surface area contributed by atoms with Crippen LogP contribution >= 0.6 is 11.8 Å². The number of thioether (sulfide) groups is 1. The summed E-state index contributed by atoms with van der Waals surface area (Å²) in [7, 11) is 0. The van der Waals surface area contributed by atoms with Crippen molar-refractivity contribution in [1.29, 1.82) is 0 Å². The lowest BCUT2D eigenvalue weighted by Gasteiger charge is -2.13. The van der Waals surface area contributed by atoms with Gasteiger partial charge in [-0.3, -0.25) is 9.59 Å². The van der Waals surface area contributed by atoms with E-state index in [4.69, 9.17) is 10.5 Å². The van der Waals surface area contributed by atoms with E-state index in [0.717, 1.165) is 5.56 Å². The highest BCUT2D eigenvalue weighted by Crippen LogP contribution is 2.31. The van der Waals surface area contributed by atoms with E-state index in [9.17, 15) is 9.59 Å². The average Bonchev–Trinajstić information content (AvgIpc) is 2.68. The number of rotatable bonds is 5. The van der Waals surface area contributed by atoms with E-state index in [1.165, 1.54) is 17.8 Å². The van der Waals surface area contributed by atoms with E-state index in [2.05, 4.69) is 0 Å². The van der Waals surface area contributed by atoms with Gasteiger partial charge in [-0.2, -0.15) is 0 Å². The van der Waals surface area contributed by atoms with E-state index in [-0.39, 0.29) is 17.0 Å². The Balaban J connectivity index is 2.01. The number of hydrogen-bond donors (Lipinski definition) is 1. The standard InChI is InChI=1S/C13H13NO3S/c14-12(15)8-17-10-7-13(16)18-11(10)6-9-4-2-1-3-5-9/h1-5,7,11H,6,8H2,(H2,14,15). The van der Waals surface area contributed by atoms with E-state index >= 15 is 0 Å². The van der Waals surface area contributed by atoms with Crippen molar-refractivity contribution in [2.45, 2.75) is 11.7 Å². The molecule has 0 aromatic heterocycles. The Morgan fingerprint density at radius 3 is 2.72 bits per heavy atom. The average molecular weight is 263 g/mol. The van der Waals surface area contributed by atoms with Gasteiger partial charge >= 0.3 is 0 Å². The molecule has 0 saturated carbocycles. The molecular formula is C13H13NO3S. The summed E-state index contributed by atoms with van der Waals surface area (Å²) >= 11 is 1.21. The zero-order valence-corrected chi connectivity index (χ0v) is 10.5. The molecule has 1 aromatic carbocycles. The molecule has 0 aliphatic carbocycles.